The van der Waals surface area contributed by atoms with Gasteiger partial charge in [-0.1, -0.05) is 23.2 Å². The Morgan fingerprint density at radius 2 is 1.35 bits per heavy atom. The highest BCUT2D eigenvalue weighted by Gasteiger charge is 2.07. The molecule has 0 unspecified atom stereocenters. The minimum absolute atomic E-state index is 0.396. The maximum Gasteiger partial charge on any atom is 0.658 e. The maximum atomic E-state index is 5.84. The Kier molecular flexibility index (Phi) is 4.06. The van der Waals surface area contributed by atoms with Gasteiger partial charge in [0.2, 0.25) is 0 Å². The molecule has 2 aromatic heterocycles. The molecule has 0 aliphatic heterocycles. The summed E-state index contributed by atoms with van der Waals surface area (Å²) in [5, 5.41) is 0.793. The highest BCUT2D eigenvalue weighted by atomic mass is 35.5. The van der Waals surface area contributed by atoms with E-state index in [1.54, 1.807) is 24.5 Å². The first-order chi connectivity index (χ1) is 8.27. The molecule has 0 aromatic carbocycles. The first-order valence-corrected chi connectivity index (χ1v) is 5.37. The second-order valence-electron chi connectivity index (χ2n) is 2.94. The van der Waals surface area contributed by atoms with Crippen molar-refractivity contribution in [2.75, 3.05) is 0 Å². The van der Waals surface area contributed by atoms with Crippen molar-refractivity contribution in [1.82, 2.24) is 9.97 Å². The first kappa shape index (κ1) is 12.0. The van der Waals surface area contributed by atoms with E-state index in [0.717, 1.165) is 7.69 Å². The van der Waals surface area contributed by atoms with E-state index in [1.165, 1.54) is 12.4 Å². The molecule has 1 radical (unpaired) electrons. The Morgan fingerprint density at radius 1 is 0.882 bits per heavy atom. The van der Waals surface area contributed by atoms with Crippen molar-refractivity contribution >= 4 is 30.9 Å². The van der Waals surface area contributed by atoms with Crippen LogP contribution in [0.3, 0.4) is 0 Å². The van der Waals surface area contributed by atoms with Gasteiger partial charge in [-0.2, -0.15) is 0 Å². The second kappa shape index (κ2) is 5.75. The third kappa shape index (κ3) is 3.25. The van der Waals surface area contributed by atoms with Gasteiger partial charge in [0.15, 0.2) is 0 Å². The smallest absolute Gasteiger partial charge is 0.525 e. The van der Waals surface area contributed by atoms with Gasteiger partial charge in [-0.25, -0.2) is 0 Å². The standard InChI is InChI=1S/C10H6BCl2N2O2/c12-7-5-14-3-1-9(7)16-11-17-10-2-4-15-6-8(10)13/h1-6H. The van der Waals surface area contributed by atoms with Crippen molar-refractivity contribution in [3.05, 3.63) is 47.0 Å². The van der Waals surface area contributed by atoms with Crippen LogP contribution in [0.1, 0.15) is 0 Å². The summed E-state index contributed by atoms with van der Waals surface area (Å²) in [4.78, 5) is 7.66. The quantitative estimate of drug-likeness (QED) is 0.799. The molecule has 0 spiro atoms. The van der Waals surface area contributed by atoms with Crippen LogP contribution < -0.4 is 9.31 Å². The number of nitrogens with zero attached hydrogens (tertiary/aromatic N) is 2. The molecule has 2 aromatic rings. The molecular weight excluding hydrogens is 262 g/mol. The molecular formula is C10H6BCl2N2O2. The van der Waals surface area contributed by atoms with Gasteiger partial charge in [0.05, 0.1) is 10.0 Å². The second-order valence-corrected chi connectivity index (χ2v) is 3.76. The van der Waals surface area contributed by atoms with Gasteiger partial charge < -0.3 is 9.31 Å². The van der Waals surface area contributed by atoms with Gasteiger partial charge in [0.25, 0.3) is 0 Å². The molecule has 0 atom stereocenters. The number of hydrogen-bond donors (Lipinski definition) is 0. The Hall–Kier alpha value is -1.46. The summed E-state index contributed by atoms with van der Waals surface area (Å²) in [6, 6.07) is 3.24. The molecule has 0 bridgehead atoms. The van der Waals surface area contributed by atoms with E-state index in [2.05, 4.69) is 9.97 Å². The lowest BCUT2D eigenvalue weighted by atomic mass is 10.3. The third-order valence-electron chi connectivity index (χ3n) is 1.82. The Labute approximate surface area is 109 Å². The van der Waals surface area contributed by atoms with E-state index in [1.807, 2.05) is 0 Å². The summed E-state index contributed by atoms with van der Waals surface area (Å²) in [6.45, 7) is 0. The molecule has 0 amide bonds. The van der Waals surface area contributed by atoms with Crippen LogP contribution in [0, 0.1) is 0 Å². The van der Waals surface area contributed by atoms with Crippen LogP contribution in [0.5, 0.6) is 11.5 Å². The Balaban J connectivity index is 1.93. The van der Waals surface area contributed by atoms with Crippen molar-refractivity contribution in [1.29, 1.82) is 0 Å². The van der Waals surface area contributed by atoms with Gasteiger partial charge in [-0.3, -0.25) is 9.97 Å². The molecule has 85 valence electrons. The van der Waals surface area contributed by atoms with E-state index < -0.39 is 0 Å². The highest BCUT2D eigenvalue weighted by molar-refractivity contribution is 6.33. The fraction of sp³-hybridized carbons (Fsp3) is 0. The van der Waals surface area contributed by atoms with E-state index >= 15 is 0 Å². The van der Waals surface area contributed by atoms with Crippen LogP contribution in [-0.4, -0.2) is 17.7 Å². The lowest BCUT2D eigenvalue weighted by molar-refractivity contribution is 0.458. The van der Waals surface area contributed by atoms with Crippen molar-refractivity contribution in [3.8, 4) is 11.5 Å². The summed E-state index contributed by atoms with van der Waals surface area (Å²) in [5.74, 6) is 0.902. The molecule has 4 nitrogen and oxygen atoms in total. The average Bonchev–Trinajstić information content (AvgIpc) is 2.34. The molecule has 0 saturated carbocycles. The van der Waals surface area contributed by atoms with Crippen molar-refractivity contribution in [2.24, 2.45) is 0 Å². The molecule has 0 N–H and O–H groups in total. The molecule has 17 heavy (non-hydrogen) atoms. The number of aromatic nitrogens is 2. The van der Waals surface area contributed by atoms with E-state index in [0.29, 0.717) is 21.5 Å². The van der Waals surface area contributed by atoms with Gasteiger partial charge in [0, 0.05) is 24.8 Å². The van der Waals surface area contributed by atoms with Gasteiger partial charge >= 0.3 is 7.69 Å². The lowest BCUT2D eigenvalue weighted by Gasteiger charge is -2.07. The summed E-state index contributed by atoms with van der Waals surface area (Å²) >= 11 is 11.7. The van der Waals surface area contributed by atoms with Crippen LogP contribution in [0.25, 0.3) is 0 Å². The molecule has 7 heteroatoms. The zero-order valence-electron chi connectivity index (χ0n) is 8.51. The molecule has 0 fully saturated rings. The van der Waals surface area contributed by atoms with Gasteiger partial charge in [-0.05, 0) is 12.1 Å². The van der Waals surface area contributed by atoms with Crippen molar-refractivity contribution in [2.45, 2.75) is 0 Å². The van der Waals surface area contributed by atoms with Gasteiger partial charge in [-0.15, -0.1) is 0 Å². The van der Waals surface area contributed by atoms with E-state index in [4.69, 9.17) is 32.5 Å². The maximum absolute atomic E-state index is 5.84. The average molecular weight is 268 g/mol. The highest BCUT2D eigenvalue weighted by Crippen LogP contribution is 2.23. The zero-order valence-corrected chi connectivity index (χ0v) is 10.0. The topological polar surface area (TPSA) is 44.2 Å². The Morgan fingerprint density at radius 3 is 1.76 bits per heavy atom. The number of hydrogen-bond acceptors (Lipinski definition) is 4. The summed E-state index contributed by atoms with van der Waals surface area (Å²) in [6.07, 6.45) is 6.08. The number of halogens is 2. The number of rotatable bonds is 4. The minimum atomic E-state index is 0.396. The van der Waals surface area contributed by atoms with Crippen molar-refractivity contribution in [3.63, 3.8) is 0 Å². The molecule has 0 aliphatic carbocycles. The molecule has 0 aliphatic rings. The summed E-state index contributed by atoms with van der Waals surface area (Å²) in [7, 11) is 1.14. The first-order valence-electron chi connectivity index (χ1n) is 4.61. The predicted molar refractivity (Wildman–Crippen MR) is 65.5 cm³/mol. The predicted octanol–water partition coefficient (Wildman–Crippen LogP) is 2.78. The SMILES string of the molecule is Clc1cnccc1O[B]Oc1ccncc1Cl. The largest absolute Gasteiger partial charge is 0.658 e. The fourth-order valence-electron chi connectivity index (χ4n) is 1.04. The van der Waals surface area contributed by atoms with E-state index in [-0.39, 0.29) is 0 Å². The summed E-state index contributed by atoms with van der Waals surface area (Å²) in [5.41, 5.74) is 0. The molecule has 2 heterocycles. The lowest BCUT2D eigenvalue weighted by Crippen LogP contribution is -2.11. The van der Waals surface area contributed by atoms with Crippen LogP contribution >= 0.6 is 23.2 Å². The van der Waals surface area contributed by atoms with Crippen LogP contribution in [-0.2, 0) is 0 Å². The van der Waals surface area contributed by atoms with Gasteiger partial charge in [0.1, 0.15) is 11.5 Å². The zero-order chi connectivity index (χ0) is 12.1. The normalized spacial score (nSPS) is 9.76. The molecule has 0 saturated heterocycles. The minimum Gasteiger partial charge on any atom is -0.525 e. The van der Waals surface area contributed by atoms with Crippen LogP contribution in [0.15, 0.2) is 36.9 Å². The Bertz CT molecular complexity index is 468. The monoisotopic (exact) mass is 267 g/mol. The number of pyridine rings is 2. The third-order valence-corrected chi connectivity index (χ3v) is 2.39. The van der Waals surface area contributed by atoms with Crippen LogP contribution in [0.4, 0.5) is 0 Å². The van der Waals surface area contributed by atoms with Crippen molar-refractivity contribution < 1.29 is 9.31 Å². The van der Waals surface area contributed by atoms with Crippen LogP contribution in [0.2, 0.25) is 10.0 Å². The summed E-state index contributed by atoms with van der Waals surface area (Å²) < 4.78 is 10.4. The van der Waals surface area contributed by atoms with E-state index in [9.17, 15) is 0 Å². The fourth-order valence-corrected chi connectivity index (χ4v) is 1.37. The molecule has 2 rings (SSSR count).